The average Bonchev–Trinajstić information content (AvgIpc) is 2.48. The number of ether oxygens (including phenoxy) is 1. The van der Waals surface area contributed by atoms with Crippen LogP contribution in [0.15, 0.2) is 24.3 Å². The molecule has 0 saturated heterocycles. The van der Waals surface area contributed by atoms with Crippen molar-refractivity contribution >= 4 is 5.91 Å². The molecule has 0 spiro atoms. The number of hydrogen-bond donors (Lipinski definition) is 1. The van der Waals surface area contributed by atoms with Crippen LogP contribution in [0.5, 0.6) is 0 Å². The third kappa shape index (κ3) is 3.58. The van der Waals surface area contributed by atoms with Crippen LogP contribution >= 0.6 is 0 Å². The highest BCUT2D eigenvalue weighted by molar-refractivity contribution is 5.96. The summed E-state index contributed by atoms with van der Waals surface area (Å²) >= 11 is 0. The summed E-state index contributed by atoms with van der Waals surface area (Å²) < 4.78 is 5.25. The summed E-state index contributed by atoms with van der Waals surface area (Å²) in [5.74, 6) is 0.145. The summed E-state index contributed by atoms with van der Waals surface area (Å²) in [5, 5.41) is 3.44. The van der Waals surface area contributed by atoms with Crippen molar-refractivity contribution in [2.24, 2.45) is 0 Å². The molecule has 0 saturated carbocycles. The topological polar surface area (TPSA) is 41.6 Å². The fourth-order valence-corrected chi connectivity index (χ4v) is 2.64. The van der Waals surface area contributed by atoms with Gasteiger partial charge in [-0.2, -0.15) is 0 Å². The molecule has 1 atom stereocenters. The van der Waals surface area contributed by atoms with Crippen LogP contribution in [0.3, 0.4) is 0 Å². The smallest absolute Gasteiger partial charge is 0.254 e. The second kappa shape index (κ2) is 7.41. The van der Waals surface area contributed by atoms with Gasteiger partial charge in [0.1, 0.15) is 0 Å². The molecule has 1 N–H and O–H groups in total. The van der Waals surface area contributed by atoms with Crippen LogP contribution < -0.4 is 5.32 Å². The van der Waals surface area contributed by atoms with Gasteiger partial charge in [0.05, 0.1) is 6.61 Å². The summed E-state index contributed by atoms with van der Waals surface area (Å²) in [7, 11) is 1.70. The van der Waals surface area contributed by atoms with E-state index in [-0.39, 0.29) is 11.9 Å². The van der Waals surface area contributed by atoms with Gasteiger partial charge in [-0.15, -0.1) is 0 Å². The average molecular weight is 276 g/mol. The monoisotopic (exact) mass is 276 g/mol. The Morgan fingerprint density at radius 3 is 2.95 bits per heavy atom. The molecular weight excluding hydrogens is 252 g/mol. The first-order valence-corrected chi connectivity index (χ1v) is 7.35. The molecule has 2 rings (SSSR count). The van der Waals surface area contributed by atoms with Crippen LogP contribution in [-0.4, -0.2) is 50.2 Å². The van der Waals surface area contributed by atoms with Crippen LogP contribution in [0, 0.1) is 0 Å². The number of rotatable bonds is 7. The minimum absolute atomic E-state index is 0.145. The van der Waals surface area contributed by atoms with Crippen LogP contribution in [0.2, 0.25) is 0 Å². The van der Waals surface area contributed by atoms with Crippen molar-refractivity contribution in [2.45, 2.75) is 25.8 Å². The van der Waals surface area contributed by atoms with Crippen molar-refractivity contribution in [3.8, 4) is 0 Å². The molecule has 0 radical (unpaired) electrons. The minimum Gasteiger partial charge on any atom is -0.383 e. The first-order chi connectivity index (χ1) is 9.76. The zero-order valence-corrected chi connectivity index (χ0v) is 12.4. The van der Waals surface area contributed by atoms with Crippen LogP contribution in [-0.2, 0) is 11.2 Å². The number of amides is 1. The number of fused-ring (bicyclic) bond motifs is 1. The van der Waals surface area contributed by atoms with Gasteiger partial charge in [-0.1, -0.05) is 25.1 Å². The van der Waals surface area contributed by atoms with Gasteiger partial charge < -0.3 is 15.0 Å². The van der Waals surface area contributed by atoms with Gasteiger partial charge in [0.15, 0.2) is 0 Å². The Kier molecular flexibility index (Phi) is 5.56. The van der Waals surface area contributed by atoms with Crippen molar-refractivity contribution in [3.63, 3.8) is 0 Å². The lowest BCUT2D eigenvalue weighted by Gasteiger charge is -2.32. The quantitative estimate of drug-likeness (QED) is 0.824. The number of hydrogen-bond acceptors (Lipinski definition) is 3. The lowest BCUT2D eigenvalue weighted by atomic mass is 9.99. The molecule has 1 aliphatic heterocycles. The number of benzene rings is 1. The molecule has 1 aliphatic rings. The molecule has 0 fully saturated rings. The maximum absolute atomic E-state index is 12.5. The highest BCUT2D eigenvalue weighted by atomic mass is 16.5. The number of carbonyl (C=O) groups is 1. The largest absolute Gasteiger partial charge is 0.383 e. The zero-order chi connectivity index (χ0) is 14.4. The number of nitrogens with zero attached hydrogens (tertiary/aromatic N) is 1. The standard InChI is InChI=1S/C16H24N2O2/c1-3-9-17-14(12-20-2)11-18-10-8-13-6-4-5-7-15(13)16(18)19/h4-7,14,17H,3,8-12H2,1-2H3. The molecule has 4 nitrogen and oxygen atoms in total. The van der Waals surface area contributed by atoms with Crippen LogP contribution in [0.4, 0.5) is 0 Å². The predicted octanol–water partition coefficient (Wildman–Crippen LogP) is 1.70. The Morgan fingerprint density at radius 2 is 2.20 bits per heavy atom. The summed E-state index contributed by atoms with van der Waals surface area (Å²) in [4.78, 5) is 14.4. The molecule has 0 aromatic heterocycles. The van der Waals surface area contributed by atoms with Gasteiger partial charge in [-0.3, -0.25) is 4.79 Å². The third-order valence-corrected chi connectivity index (χ3v) is 3.68. The highest BCUT2D eigenvalue weighted by Crippen LogP contribution is 2.18. The van der Waals surface area contributed by atoms with Gasteiger partial charge in [0, 0.05) is 31.8 Å². The van der Waals surface area contributed by atoms with E-state index >= 15 is 0 Å². The number of methoxy groups -OCH3 is 1. The molecule has 1 heterocycles. The minimum atomic E-state index is 0.145. The van der Waals surface area contributed by atoms with E-state index in [1.54, 1.807) is 7.11 Å². The van der Waals surface area contributed by atoms with E-state index in [4.69, 9.17) is 4.74 Å². The number of carbonyl (C=O) groups excluding carboxylic acids is 1. The van der Waals surface area contributed by atoms with E-state index in [0.717, 1.165) is 31.5 Å². The second-order valence-electron chi connectivity index (χ2n) is 5.26. The van der Waals surface area contributed by atoms with Crippen molar-refractivity contribution in [1.82, 2.24) is 10.2 Å². The molecule has 1 aromatic carbocycles. The molecule has 1 aromatic rings. The van der Waals surface area contributed by atoms with Crippen molar-refractivity contribution in [3.05, 3.63) is 35.4 Å². The Hall–Kier alpha value is -1.39. The Morgan fingerprint density at radius 1 is 1.40 bits per heavy atom. The summed E-state index contributed by atoms with van der Waals surface area (Å²) in [6, 6.07) is 8.11. The zero-order valence-electron chi connectivity index (χ0n) is 12.4. The summed E-state index contributed by atoms with van der Waals surface area (Å²) in [5.41, 5.74) is 2.02. The van der Waals surface area contributed by atoms with E-state index in [9.17, 15) is 4.79 Å². The van der Waals surface area contributed by atoms with Gasteiger partial charge in [0.2, 0.25) is 0 Å². The fourth-order valence-electron chi connectivity index (χ4n) is 2.64. The van der Waals surface area contributed by atoms with E-state index in [2.05, 4.69) is 12.2 Å². The van der Waals surface area contributed by atoms with Crippen molar-refractivity contribution < 1.29 is 9.53 Å². The molecule has 110 valence electrons. The molecule has 0 bridgehead atoms. The SMILES string of the molecule is CCCNC(COC)CN1CCc2ccccc2C1=O. The van der Waals surface area contributed by atoms with Gasteiger partial charge in [-0.05, 0) is 31.0 Å². The molecule has 0 aliphatic carbocycles. The fraction of sp³-hybridized carbons (Fsp3) is 0.562. The van der Waals surface area contributed by atoms with E-state index < -0.39 is 0 Å². The first-order valence-electron chi connectivity index (χ1n) is 7.35. The maximum atomic E-state index is 12.5. The normalized spacial score (nSPS) is 16.1. The van der Waals surface area contributed by atoms with E-state index in [0.29, 0.717) is 13.2 Å². The summed E-state index contributed by atoms with van der Waals surface area (Å²) in [6.07, 6.45) is 2.02. The van der Waals surface area contributed by atoms with E-state index in [1.807, 2.05) is 29.2 Å². The van der Waals surface area contributed by atoms with Crippen LogP contribution in [0.1, 0.15) is 29.3 Å². The van der Waals surface area contributed by atoms with Gasteiger partial charge >= 0.3 is 0 Å². The Balaban J connectivity index is 2.01. The van der Waals surface area contributed by atoms with Crippen molar-refractivity contribution in [1.29, 1.82) is 0 Å². The summed E-state index contributed by atoms with van der Waals surface area (Å²) in [6.45, 7) is 5.22. The predicted molar refractivity (Wildman–Crippen MR) is 80.0 cm³/mol. The first kappa shape index (κ1) is 15.0. The Bertz CT molecular complexity index is 448. The van der Waals surface area contributed by atoms with Gasteiger partial charge in [-0.25, -0.2) is 0 Å². The molecule has 20 heavy (non-hydrogen) atoms. The number of nitrogens with one attached hydrogen (secondary N) is 1. The highest BCUT2D eigenvalue weighted by Gasteiger charge is 2.25. The molecule has 1 unspecified atom stereocenters. The second-order valence-corrected chi connectivity index (χ2v) is 5.26. The third-order valence-electron chi connectivity index (χ3n) is 3.68. The molecule has 1 amide bonds. The maximum Gasteiger partial charge on any atom is 0.254 e. The van der Waals surface area contributed by atoms with Crippen molar-refractivity contribution in [2.75, 3.05) is 33.4 Å². The molecular formula is C16H24N2O2. The lowest BCUT2D eigenvalue weighted by molar-refractivity contribution is 0.0686. The molecule has 4 heteroatoms. The Labute approximate surface area is 121 Å². The lowest BCUT2D eigenvalue weighted by Crippen LogP contribution is -2.48. The van der Waals surface area contributed by atoms with Crippen LogP contribution in [0.25, 0.3) is 0 Å². The van der Waals surface area contributed by atoms with E-state index in [1.165, 1.54) is 5.56 Å². The van der Waals surface area contributed by atoms with Gasteiger partial charge in [0.25, 0.3) is 5.91 Å².